The summed E-state index contributed by atoms with van der Waals surface area (Å²) in [7, 11) is 0. The summed E-state index contributed by atoms with van der Waals surface area (Å²) in [4.78, 5) is 27.0. The van der Waals surface area contributed by atoms with Crippen molar-refractivity contribution >= 4 is 28.4 Å². The molecule has 0 aromatic carbocycles. The number of anilines is 1. The Hall–Kier alpha value is -2.68. The van der Waals surface area contributed by atoms with Gasteiger partial charge in [0.25, 0.3) is 5.89 Å². The summed E-state index contributed by atoms with van der Waals surface area (Å²) in [6, 6.07) is 0. The largest absolute Gasteiger partial charge is 0.503 e. The lowest BCUT2D eigenvalue weighted by molar-refractivity contribution is -0.120. The van der Waals surface area contributed by atoms with Crippen LogP contribution in [0.4, 0.5) is 9.80 Å². The van der Waals surface area contributed by atoms with E-state index in [1.165, 1.54) is 23.3 Å². The van der Waals surface area contributed by atoms with Crippen LogP contribution in [0.1, 0.15) is 48.4 Å². The molecule has 0 saturated heterocycles. The van der Waals surface area contributed by atoms with Gasteiger partial charge in [-0.1, -0.05) is 17.3 Å². The number of fused-ring (bicyclic) bond motifs is 1. The van der Waals surface area contributed by atoms with Crippen LogP contribution in [0, 0.1) is 12.8 Å². The number of aromatic nitrogens is 2. The minimum atomic E-state index is -1.83. The predicted octanol–water partition coefficient (Wildman–Crippen LogP) is 4.50. The van der Waals surface area contributed by atoms with Gasteiger partial charge in [0.2, 0.25) is 5.91 Å². The van der Waals surface area contributed by atoms with Gasteiger partial charge in [-0.3, -0.25) is 4.79 Å². The zero-order valence-electron chi connectivity index (χ0n) is 15.6. The van der Waals surface area contributed by atoms with Crippen LogP contribution >= 0.6 is 11.3 Å². The molecule has 1 atom stereocenters. The lowest BCUT2D eigenvalue weighted by atomic mass is 9.93. The van der Waals surface area contributed by atoms with E-state index in [0.29, 0.717) is 11.7 Å². The molecule has 0 fully saturated rings. The second-order valence-corrected chi connectivity index (χ2v) is 7.92. The van der Waals surface area contributed by atoms with Crippen LogP contribution in [0.15, 0.2) is 16.7 Å². The fourth-order valence-corrected chi connectivity index (χ4v) is 4.81. The minimum Gasteiger partial charge on any atom is -0.450 e. The average molecular weight is 405 g/mol. The van der Waals surface area contributed by atoms with Crippen LogP contribution in [-0.4, -0.2) is 32.4 Å². The minimum absolute atomic E-state index is 0.0615. The first-order valence-electron chi connectivity index (χ1n) is 9.28. The Kier molecular flexibility index (Phi) is 6.45. The number of nitrogens with one attached hydrogen (secondary N) is 1. The number of aryl methyl sites for hydroxylation is 2. The van der Waals surface area contributed by atoms with Crippen molar-refractivity contribution in [3.63, 3.8) is 0 Å². The first-order chi connectivity index (χ1) is 13.5. The highest BCUT2D eigenvalue weighted by Crippen LogP contribution is 2.44. The van der Waals surface area contributed by atoms with E-state index >= 15 is 0 Å². The Bertz CT molecular complexity index is 882. The third-order valence-electron chi connectivity index (χ3n) is 4.79. The molecule has 2 aromatic rings. The van der Waals surface area contributed by atoms with Crippen LogP contribution < -0.4 is 5.32 Å². The molecule has 150 valence electrons. The van der Waals surface area contributed by atoms with Crippen LogP contribution in [-0.2, 0) is 17.6 Å². The normalized spacial score (nSPS) is 18.0. The third-order valence-corrected chi connectivity index (χ3v) is 6.00. The second-order valence-electron chi connectivity index (χ2n) is 6.81. The van der Waals surface area contributed by atoms with Gasteiger partial charge < -0.3 is 20.1 Å². The maximum absolute atomic E-state index is 12.7. The first-order valence-corrected chi connectivity index (χ1v) is 10.1. The fraction of sp³-hybridized carbons (Fsp3) is 0.474. The molecule has 0 aliphatic heterocycles. The van der Waals surface area contributed by atoms with E-state index in [4.69, 9.17) is 19.5 Å². The Labute approximate surface area is 166 Å². The smallest absolute Gasteiger partial charge is 0.450 e. The summed E-state index contributed by atoms with van der Waals surface area (Å²) in [5.74, 6) is 1.32. The van der Waals surface area contributed by atoms with Gasteiger partial charge in [0.15, 0.2) is 5.82 Å². The van der Waals surface area contributed by atoms with Gasteiger partial charge in [0, 0.05) is 10.8 Å². The van der Waals surface area contributed by atoms with Crippen LogP contribution in [0.2, 0.25) is 0 Å². The predicted molar refractivity (Wildman–Crippen MR) is 105 cm³/mol. The molecule has 0 saturated carbocycles. The molecular weight excluding hydrogens is 382 g/mol. The van der Waals surface area contributed by atoms with Crippen LogP contribution in [0.5, 0.6) is 0 Å². The highest BCUT2D eigenvalue weighted by atomic mass is 32.1. The van der Waals surface area contributed by atoms with Gasteiger partial charge >= 0.3 is 6.16 Å². The zero-order chi connectivity index (χ0) is 20.1. The summed E-state index contributed by atoms with van der Waals surface area (Å²) in [6.07, 6.45) is 9.62. The van der Waals surface area contributed by atoms with E-state index in [1.807, 2.05) is 6.92 Å². The fourth-order valence-electron chi connectivity index (χ4n) is 3.52. The molecule has 2 aromatic heterocycles. The van der Waals surface area contributed by atoms with E-state index in [0.717, 1.165) is 42.7 Å². The summed E-state index contributed by atoms with van der Waals surface area (Å²) in [5, 5.41) is 21.9. The molecule has 0 radical (unpaired) electrons. The van der Waals surface area contributed by atoms with Gasteiger partial charge in [0.05, 0.1) is 5.56 Å². The summed E-state index contributed by atoms with van der Waals surface area (Å²) in [5.41, 5.74) is 2.24. The van der Waals surface area contributed by atoms with E-state index in [2.05, 4.69) is 27.6 Å². The molecule has 0 spiro atoms. The van der Waals surface area contributed by atoms with Crippen molar-refractivity contribution in [3.8, 4) is 11.5 Å². The van der Waals surface area contributed by atoms with Gasteiger partial charge in [0.1, 0.15) is 5.00 Å². The molecule has 3 N–H and O–H groups in total. The van der Waals surface area contributed by atoms with Crippen molar-refractivity contribution < 1.29 is 24.3 Å². The van der Waals surface area contributed by atoms with Gasteiger partial charge in [-0.25, -0.2) is 4.79 Å². The Morgan fingerprint density at radius 1 is 1.25 bits per heavy atom. The van der Waals surface area contributed by atoms with Crippen molar-refractivity contribution in [1.29, 1.82) is 0 Å². The quantitative estimate of drug-likeness (QED) is 0.642. The summed E-state index contributed by atoms with van der Waals surface area (Å²) < 4.78 is 5.43. The SMILES string of the molecule is Cc1noc(-c2c(NC(=O)C3CC=CCC3)sc3c2CCCC3)n1.O=C(O)O. The first kappa shape index (κ1) is 20.1. The Morgan fingerprint density at radius 3 is 2.64 bits per heavy atom. The number of carbonyl (C=O) groups is 2. The van der Waals surface area contributed by atoms with E-state index in [-0.39, 0.29) is 11.8 Å². The number of nitrogens with zero attached hydrogens (tertiary/aromatic N) is 2. The highest BCUT2D eigenvalue weighted by molar-refractivity contribution is 7.17. The monoisotopic (exact) mass is 405 g/mol. The molecule has 9 heteroatoms. The maximum atomic E-state index is 12.7. The molecule has 4 rings (SSSR count). The molecule has 2 aliphatic carbocycles. The number of allylic oxidation sites excluding steroid dienone is 2. The maximum Gasteiger partial charge on any atom is 0.503 e. The number of rotatable bonds is 3. The summed E-state index contributed by atoms with van der Waals surface area (Å²) >= 11 is 1.68. The third kappa shape index (κ3) is 4.78. The molecule has 0 bridgehead atoms. The van der Waals surface area contributed by atoms with E-state index in [1.54, 1.807) is 11.3 Å². The van der Waals surface area contributed by atoms with Crippen molar-refractivity contribution in [2.24, 2.45) is 5.92 Å². The number of carboxylic acid groups (broad SMARTS) is 2. The summed E-state index contributed by atoms with van der Waals surface area (Å²) in [6.45, 7) is 1.82. The number of amides is 1. The van der Waals surface area contributed by atoms with Gasteiger partial charge in [-0.2, -0.15) is 4.98 Å². The van der Waals surface area contributed by atoms with Gasteiger partial charge in [-0.15, -0.1) is 11.3 Å². The number of hydrogen-bond acceptors (Lipinski definition) is 6. The standard InChI is InChI=1S/C18H21N3O2S.CH2O3/c1-11-19-17(23-21-11)15-13-9-5-6-10-14(13)24-18(15)20-16(22)12-7-3-2-4-8-12;2-1(3)4/h2-3,12H,4-10H2,1H3,(H,20,22);(H2,2,3,4). The van der Waals surface area contributed by atoms with Gasteiger partial charge in [-0.05, 0) is 57.4 Å². The Morgan fingerprint density at radius 2 is 2.00 bits per heavy atom. The molecule has 2 aliphatic rings. The van der Waals surface area contributed by atoms with Crippen LogP contribution in [0.3, 0.4) is 0 Å². The van der Waals surface area contributed by atoms with Crippen molar-refractivity contribution in [1.82, 2.24) is 10.1 Å². The van der Waals surface area contributed by atoms with Crippen molar-refractivity contribution in [3.05, 3.63) is 28.4 Å². The molecule has 2 heterocycles. The average Bonchev–Trinajstić information content (AvgIpc) is 3.24. The lowest BCUT2D eigenvalue weighted by Crippen LogP contribution is -2.23. The van der Waals surface area contributed by atoms with Crippen molar-refractivity contribution in [2.75, 3.05) is 5.32 Å². The van der Waals surface area contributed by atoms with E-state index < -0.39 is 6.16 Å². The topological polar surface area (TPSA) is 126 Å². The molecular formula is C19H23N3O5S. The molecule has 1 unspecified atom stereocenters. The number of hydrogen-bond donors (Lipinski definition) is 3. The Balaban J connectivity index is 0.000000516. The molecule has 28 heavy (non-hydrogen) atoms. The lowest BCUT2D eigenvalue weighted by Gasteiger charge is -2.17. The van der Waals surface area contributed by atoms with Crippen molar-refractivity contribution in [2.45, 2.75) is 51.9 Å². The zero-order valence-corrected chi connectivity index (χ0v) is 16.4. The second kappa shape index (κ2) is 9.01. The van der Waals surface area contributed by atoms with Crippen LogP contribution in [0.25, 0.3) is 11.5 Å². The number of carbonyl (C=O) groups excluding carboxylic acids is 1. The molecule has 1 amide bonds. The number of thiophene rings is 1. The molecule has 8 nitrogen and oxygen atoms in total. The highest BCUT2D eigenvalue weighted by Gasteiger charge is 2.28. The van der Waals surface area contributed by atoms with E-state index in [9.17, 15) is 4.79 Å².